The molecule has 29 heavy (non-hydrogen) atoms. The Morgan fingerprint density at radius 2 is 1.93 bits per heavy atom. The number of benzene rings is 1. The lowest BCUT2D eigenvalue weighted by molar-refractivity contribution is 0.0917. The third-order valence-corrected chi connectivity index (χ3v) is 5.02. The fourth-order valence-electron chi connectivity index (χ4n) is 3.39. The largest absolute Gasteiger partial charge is 0.497 e. The van der Waals surface area contributed by atoms with Crippen molar-refractivity contribution in [2.75, 3.05) is 19.4 Å². The summed E-state index contributed by atoms with van der Waals surface area (Å²) < 4.78 is 6.45. The number of nitrogen functional groups attached to an aromatic ring is 1. The molecule has 0 atom stereocenters. The molecule has 1 heterocycles. The molecule has 0 radical (unpaired) electrons. The molecule has 0 amide bonds. The van der Waals surface area contributed by atoms with E-state index in [9.17, 15) is 14.4 Å². The van der Waals surface area contributed by atoms with Gasteiger partial charge in [0.05, 0.1) is 13.7 Å². The fourth-order valence-corrected chi connectivity index (χ4v) is 3.39. The van der Waals surface area contributed by atoms with Gasteiger partial charge in [0.1, 0.15) is 17.1 Å². The molecule has 8 heteroatoms. The van der Waals surface area contributed by atoms with E-state index in [4.69, 9.17) is 10.5 Å². The van der Waals surface area contributed by atoms with Gasteiger partial charge in [-0.3, -0.25) is 24.0 Å². The second kappa shape index (κ2) is 8.65. The third kappa shape index (κ3) is 4.95. The first-order valence-electron chi connectivity index (χ1n) is 9.83. The second-order valence-electron chi connectivity index (χ2n) is 7.93. The summed E-state index contributed by atoms with van der Waals surface area (Å²) in [6.07, 6.45) is 2.03. The van der Waals surface area contributed by atoms with E-state index in [-0.39, 0.29) is 29.6 Å². The van der Waals surface area contributed by atoms with Crippen LogP contribution in [0, 0.1) is 5.92 Å². The Kier molecular flexibility index (Phi) is 6.22. The van der Waals surface area contributed by atoms with Crippen LogP contribution in [0.2, 0.25) is 0 Å². The summed E-state index contributed by atoms with van der Waals surface area (Å²) >= 11 is 0. The van der Waals surface area contributed by atoms with Crippen LogP contribution in [0.25, 0.3) is 0 Å². The van der Waals surface area contributed by atoms with Crippen molar-refractivity contribution in [3.63, 3.8) is 0 Å². The normalized spacial score (nSPS) is 13.8. The zero-order valence-corrected chi connectivity index (χ0v) is 17.1. The number of nitrogens with one attached hydrogen (secondary N) is 1. The standard InChI is InChI=1S/C21H28N4O4/c1-13(2)10-25-19(22)18(20(27)23-21(25)28)17(26)12-24(15-6-7-15)11-14-4-8-16(29-3)9-5-14/h4-5,8-9,13,15H,6-7,10-12,22H2,1-3H3,(H,23,27,28). The molecule has 3 rings (SSSR count). The van der Waals surface area contributed by atoms with Crippen LogP contribution in [0.4, 0.5) is 5.82 Å². The predicted octanol–water partition coefficient (Wildman–Crippen LogP) is 1.63. The van der Waals surface area contributed by atoms with Gasteiger partial charge in [0.25, 0.3) is 5.56 Å². The molecule has 1 aromatic heterocycles. The molecule has 0 aliphatic heterocycles. The Labute approximate surface area is 169 Å². The number of ketones is 1. The number of aromatic nitrogens is 2. The van der Waals surface area contributed by atoms with E-state index in [2.05, 4.69) is 9.88 Å². The summed E-state index contributed by atoms with van der Waals surface area (Å²) in [5.41, 5.74) is 5.68. The number of ether oxygens (including phenoxy) is 1. The Morgan fingerprint density at radius 3 is 2.48 bits per heavy atom. The Bertz CT molecular complexity index is 987. The number of hydrogen-bond acceptors (Lipinski definition) is 6. The lowest BCUT2D eigenvalue weighted by atomic mass is 10.1. The van der Waals surface area contributed by atoms with Crippen molar-refractivity contribution in [2.45, 2.75) is 45.8 Å². The van der Waals surface area contributed by atoms with Crippen LogP contribution in [0.15, 0.2) is 33.9 Å². The number of anilines is 1. The quantitative estimate of drug-likeness (QED) is 0.619. The van der Waals surface area contributed by atoms with E-state index in [0.29, 0.717) is 19.1 Å². The van der Waals surface area contributed by atoms with Gasteiger partial charge in [-0.05, 0) is 36.5 Å². The number of nitrogens with two attached hydrogens (primary N) is 1. The smallest absolute Gasteiger partial charge is 0.329 e. The van der Waals surface area contributed by atoms with Crippen molar-refractivity contribution in [1.82, 2.24) is 14.5 Å². The van der Waals surface area contributed by atoms with Gasteiger partial charge in [-0.1, -0.05) is 26.0 Å². The van der Waals surface area contributed by atoms with Gasteiger partial charge in [-0.15, -0.1) is 0 Å². The van der Waals surface area contributed by atoms with Crippen LogP contribution in [-0.2, 0) is 13.1 Å². The van der Waals surface area contributed by atoms with E-state index in [1.165, 1.54) is 4.57 Å². The molecule has 1 fully saturated rings. The molecule has 0 bridgehead atoms. The van der Waals surface area contributed by atoms with Gasteiger partial charge in [-0.25, -0.2) is 4.79 Å². The number of aromatic amines is 1. The van der Waals surface area contributed by atoms with Crippen LogP contribution < -0.4 is 21.7 Å². The van der Waals surface area contributed by atoms with Gasteiger partial charge in [-0.2, -0.15) is 0 Å². The van der Waals surface area contributed by atoms with Crippen LogP contribution in [0.1, 0.15) is 42.6 Å². The minimum Gasteiger partial charge on any atom is -0.497 e. The first-order valence-corrected chi connectivity index (χ1v) is 9.83. The molecule has 156 valence electrons. The topological polar surface area (TPSA) is 110 Å². The van der Waals surface area contributed by atoms with Crippen molar-refractivity contribution in [1.29, 1.82) is 0 Å². The Hall–Kier alpha value is -2.87. The van der Waals surface area contributed by atoms with Crippen molar-refractivity contribution in [2.24, 2.45) is 5.92 Å². The Morgan fingerprint density at radius 1 is 1.28 bits per heavy atom. The van der Waals surface area contributed by atoms with E-state index in [1.54, 1.807) is 7.11 Å². The van der Waals surface area contributed by atoms with E-state index in [0.717, 1.165) is 24.2 Å². The van der Waals surface area contributed by atoms with Crippen molar-refractivity contribution in [3.05, 3.63) is 56.2 Å². The predicted molar refractivity (Wildman–Crippen MR) is 111 cm³/mol. The lowest BCUT2D eigenvalue weighted by Crippen LogP contribution is -2.40. The summed E-state index contributed by atoms with van der Waals surface area (Å²) in [6.45, 7) is 4.86. The highest BCUT2D eigenvalue weighted by molar-refractivity contribution is 6.01. The zero-order valence-electron chi connectivity index (χ0n) is 17.1. The number of nitrogens with zero attached hydrogens (tertiary/aromatic N) is 2. The van der Waals surface area contributed by atoms with Crippen LogP contribution in [-0.4, -0.2) is 39.9 Å². The summed E-state index contributed by atoms with van der Waals surface area (Å²) in [4.78, 5) is 41.7. The van der Waals surface area contributed by atoms with E-state index in [1.807, 2.05) is 38.1 Å². The fraction of sp³-hybridized carbons (Fsp3) is 0.476. The van der Waals surface area contributed by atoms with Crippen molar-refractivity contribution >= 4 is 11.6 Å². The molecule has 1 saturated carbocycles. The van der Waals surface area contributed by atoms with Crippen molar-refractivity contribution < 1.29 is 9.53 Å². The van der Waals surface area contributed by atoms with Crippen LogP contribution in [0.3, 0.4) is 0 Å². The number of Topliss-reactive ketones (excluding diaryl/α,β-unsaturated/α-hetero) is 1. The highest BCUT2D eigenvalue weighted by Gasteiger charge is 2.32. The maximum Gasteiger partial charge on any atom is 0.329 e. The van der Waals surface area contributed by atoms with Gasteiger partial charge in [0, 0.05) is 19.1 Å². The average Bonchev–Trinajstić information content (AvgIpc) is 3.50. The van der Waals surface area contributed by atoms with Gasteiger partial charge in [0.15, 0.2) is 5.78 Å². The lowest BCUT2D eigenvalue weighted by Gasteiger charge is -2.22. The molecule has 0 spiro atoms. The number of rotatable bonds is 9. The maximum absolute atomic E-state index is 13.0. The zero-order chi connectivity index (χ0) is 21.1. The molecule has 2 aromatic rings. The molecular formula is C21H28N4O4. The van der Waals surface area contributed by atoms with E-state index < -0.39 is 11.2 Å². The summed E-state index contributed by atoms with van der Waals surface area (Å²) in [6, 6.07) is 7.99. The molecule has 0 unspecified atom stereocenters. The van der Waals surface area contributed by atoms with Gasteiger partial charge < -0.3 is 10.5 Å². The Balaban J connectivity index is 1.83. The first kappa shape index (κ1) is 20.9. The number of hydrogen-bond donors (Lipinski definition) is 2. The minimum absolute atomic E-state index is 0.0577. The minimum atomic E-state index is -0.724. The molecule has 3 N–H and O–H groups in total. The van der Waals surface area contributed by atoms with Crippen LogP contribution >= 0.6 is 0 Å². The number of H-pyrrole nitrogens is 1. The first-order chi connectivity index (χ1) is 13.8. The molecule has 1 aliphatic rings. The molecule has 1 aromatic carbocycles. The summed E-state index contributed by atoms with van der Waals surface area (Å²) in [5, 5.41) is 0. The summed E-state index contributed by atoms with van der Waals surface area (Å²) in [5.74, 6) is 0.482. The van der Waals surface area contributed by atoms with Crippen molar-refractivity contribution in [3.8, 4) is 5.75 Å². The highest BCUT2D eigenvalue weighted by Crippen LogP contribution is 2.29. The average molecular weight is 400 g/mol. The second-order valence-corrected chi connectivity index (χ2v) is 7.93. The van der Waals surface area contributed by atoms with Gasteiger partial charge in [0.2, 0.25) is 0 Å². The molecule has 0 saturated heterocycles. The molecular weight excluding hydrogens is 372 g/mol. The number of carbonyl (C=O) groups excluding carboxylic acids is 1. The van der Waals surface area contributed by atoms with E-state index >= 15 is 0 Å². The SMILES string of the molecule is COc1ccc(CN(CC(=O)c2c(N)n(CC(C)C)c(=O)[nH]c2=O)C2CC2)cc1. The molecule has 1 aliphatic carbocycles. The number of carbonyl (C=O) groups is 1. The molecule has 8 nitrogen and oxygen atoms in total. The monoisotopic (exact) mass is 400 g/mol. The number of methoxy groups -OCH3 is 1. The maximum atomic E-state index is 13.0. The third-order valence-electron chi connectivity index (χ3n) is 5.02. The van der Waals surface area contributed by atoms with Gasteiger partial charge >= 0.3 is 5.69 Å². The summed E-state index contributed by atoms with van der Waals surface area (Å²) in [7, 11) is 1.62. The highest BCUT2D eigenvalue weighted by atomic mass is 16.5. The van der Waals surface area contributed by atoms with Crippen LogP contribution in [0.5, 0.6) is 5.75 Å².